The lowest BCUT2D eigenvalue weighted by Gasteiger charge is -2.39. The fraction of sp³-hybridized carbons (Fsp3) is 0.500. The molecule has 1 fully saturated rings. The van der Waals surface area contributed by atoms with Gasteiger partial charge in [-0.3, -0.25) is 0 Å². The fourth-order valence-electron chi connectivity index (χ4n) is 3.04. The molecule has 1 saturated heterocycles. The Morgan fingerprint density at radius 1 is 1.29 bits per heavy atom. The highest BCUT2D eigenvalue weighted by Crippen LogP contribution is 2.40. The second kappa shape index (κ2) is 7.63. The Morgan fingerprint density at radius 3 is 2.50 bits per heavy atom. The molecular formula is C20H27BrN4O2Si. The van der Waals surface area contributed by atoms with Crippen molar-refractivity contribution < 1.29 is 9.16 Å². The van der Waals surface area contributed by atoms with Gasteiger partial charge in [-0.2, -0.15) is 10.4 Å². The topological polar surface area (TPSA) is 86.1 Å². The summed E-state index contributed by atoms with van der Waals surface area (Å²) in [6.45, 7) is 12.1. The first-order valence-electron chi connectivity index (χ1n) is 9.35. The van der Waals surface area contributed by atoms with E-state index in [1.54, 1.807) is 4.68 Å². The van der Waals surface area contributed by atoms with Crippen molar-refractivity contribution in [3.8, 4) is 17.3 Å². The molecule has 1 aromatic carbocycles. The van der Waals surface area contributed by atoms with Crippen LogP contribution in [0.5, 0.6) is 0 Å². The number of nitrogen functional groups attached to an aromatic ring is 1. The summed E-state index contributed by atoms with van der Waals surface area (Å²) in [6.07, 6.45) is -0.132. The summed E-state index contributed by atoms with van der Waals surface area (Å²) in [5.41, 5.74) is 8.17. The maximum atomic E-state index is 9.68. The van der Waals surface area contributed by atoms with E-state index in [4.69, 9.17) is 20.0 Å². The molecule has 0 amide bonds. The van der Waals surface area contributed by atoms with Crippen LogP contribution in [0.25, 0.3) is 11.3 Å². The van der Waals surface area contributed by atoms with Gasteiger partial charge in [-0.25, -0.2) is 4.68 Å². The molecule has 6 nitrogen and oxygen atoms in total. The van der Waals surface area contributed by atoms with Crippen LogP contribution in [0.1, 0.15) is 32.4 Å². The first-order valence-corrected chi connectivity index (χ1v) is 13.0. The predicted molar refractivity (Wildman–Crippen MR) is 116 cm³/mol. The van der Waals surface area contributed by atoms with Gasteiger partial charge in [-0.05, 0) is 30.3 Å². The second-order valence-corrected chi connectivity index (χ2v) is 14.4. The van der Waals surface area contributed by atoms with E-state index in [-0.39, 0.29) is 17.2 Å². The first-order chi connectivity index (χ1) is 13.0. The molecule has 1 aliphatic rings. The van der Waals surface area contributed by atoms with Crippen LogP contribution >= 0.6 is 15.9 Å². The van der Waals surface area contributed by atoms with E-state index in [1.165, 1.54) is 0 Å². The largest absolute Gasteiger partial charge is 0.409 e. The molecule has 1 aromatic heterocycles. The lowest BCUT2D eigenvalue weighted by atomic mass is 10.1. The highest BCUT2D eigenvalue weighted by atomic mass is 79.9. The fourth-order valence-corrected chi connectivity index (χ4v) is 4.64. The Kier molecular flexibility index (Phi) is 5.74. The van der Waals surface area contributed by atoms with Crippen LogP contribution in [-0.2, 0) is 9.16 Å². The van der Waals surface area contributed by atoms with Crippen LogP contribution in [-0.4, -0.2) is 37.4 Å². The number of anilines is 1. The van der Waals surface area contributed by atoms with E-state index in [2.05, 4.69) is 55.9 Å². The Balaban J connectivity index is 1.97. The minimum absolute atomic E-state index is 0.0935. The van der Waals surface area contributed by atoms with Gasteiger partial charge in [0.15, 0.2) is 8.32 Å². The Morgan fingerprint density at radius 2 is 1.93 bits per heavy atom. The average molecular weight is 463 g/mol. The summed E-state index contributed by atoms with van der Waals surface area (Å²) in [5.74, 6) is 0.361. The molecule has 2 N–H and O–H groups in total. The zero-order chi connectivity index (χ0) is 20.7. The highest BCUT2D eigenvalue weighted by molar-refractivity contribution is 9.10. The van der Waals surface area contributed by atoms with E-state index < -0.39 is 8.32 Å². The summed E-state index contributed by atoms with van der Waals surface area (Å²) < 4.78 is 15.0. The van der Waals surface area contributed by atoms with Crippen LogP contribution in [0, 0.1) is 11.3 Å². The lowest BCUT2D eigenvalue weighted by molar-refractivity contribution is 0.124. The zero-order valence-corrected chi connectivity index (χ0v) is 19.6. The van der Waals surface area contributed by atoms with Crippen LogP contribution in [0.15, 0.2) is 28.7 Å². The Hall–Kier alpha value is -1.66. The molecule has 2 atom stereocenters. The molecule has 0 bridgehead atoms. The van der Waals surface area contributed by atoms with Crippen molar-refractivity contribution >= 4 is 30.1 Å². The number of benzene rings is 1. The molecule has 1 aliphatic heterocycles. The number of ether oxygens (including phenoxy) is 1. The van der Waals surface area contributed by atoms with E-state index in [9.17, 15) is 5.26 Å². The van der Waals surface area contributed by atoms with E-state index in [0.29, 0.717) is 30.3 Å². The van der Waals surface area contributed by atoms with Gasteiger partial charge in [0.05, 0.1) is 19.3 Å². The van der Waals surface area contributed by atoms with Gasteiger partial charge < -0.3 is 14.9 Å². The normalized spacial score (nSPS) is 20.3. The SMILES string of the molecule is CC(C)(C)[Si](C)(C)O[C@H]1COC[C@@H]1n1nc(-c2ccc(Br)cc2)c(C#N)c1N. The van der Waals surface area contributed by atoms with Crippen molar-refractivity contribution in [3.05, 3.63) is 34.3 Å². The molecule has 2 heterocycles. The molecule has 0 spiro atoms. The van der Waals surface area contributed by atoms with Gasteiger partial charge in [0.25, 0.3) is 0 Å². The third-order valence-electron chi connectivity index (χ3n) is 5.74. The zero-order valence-electron chi connectivity index (χ0n) is 17.0. The molecular weight excluding hydrogens is 436 g/mol. The second-order valence-electron chi connectivity index (χ2n) is 8.69. The summed E-state index contributed by atoms with van der Waals surface area (Å²) in [7, 11) is -1.98. The number of rotatable bonds is 4. The summed E-state index contributed by atoms with van der Waals surface area (Å²) in [6, 6.07) is 9.76. The maximum absolute atomic E-state index is 9.68. The molecule has 150 valence electrons. The van der Waals surface area contributed by atoms with Crippen molar-refractivity contribution in [1.82, 2.24) is 9.78 Å². The monoisotopic (exact) mass is 462 g/mol. The highest BCUT2D eigenvalue weighted by Gasteiger charge is 2.43. The molecule has 0 saturated carbocycles. The quantitative estimate of drug-likeness (QED) is 0.663. The Labute approximate surface area is 175 Å². The van der Waals surface area contributed by atoms with Crippen LogP contribution < -0.4 is 5.73 Å². The van der Waals surface area contributed by atoms with Crippen LogP contribution in [0.4, 0.5) is 5.82 Å². The molecule has 0 radical (unpaired) electrons. The van der Waals surface area contributed by atoms with E-state index in [0.717, 1.165) is 10.0 Å². The third kappa shape index (κ3) is 3.89. The number of hydrogen-bond acceptors (Lipinski definition) is 5. The van der Waals surface area contributed by atoms with Gasteiger partial charge in [0.1, 0.15) is 29.2 Å². The van der Waals surface area contributed by atoms with Crippen molar-refractivity contribution in [2.24, 2.45) is 0 Å². The molecule has 0 aliphatic carbocycles. The molecule has 3 rings (SSSR count). The standard InChI is InChI=1S/C20H27BrN4O2Si/c1-20(2,3)28(4,5)27-17-12-26-11-16(17)25-19(23)15(10-22)18(24-25)13-6-8-14(21)9-7-13/h6-9,16-17H,11-12,23H2,1-5H3/t16-,17-/m0/s1. The summed E-state index contributed by atoms with van der Waals surface area (Å²) in [4.78, 5) is 0. The van der Waals surface area contributed by atoms with Crippen molar-refractivity contribution in [2.45, 2.75) is 51.0 Å². The van der Waals surface area contributed by atoms with Gasteiger partial charge in [0, 0.05) is 10.0 Å². The van der Waals surface area contributed by atoms with Crippen molar-refractivity contribution in [1.29, 1.82) is 5.26 Å². The number of nitrogens with zero attached hydrogens (tertiary/aromatic N) is 3. The van der Waals surface area contributed by atoms with E-state index >= 15 is 0 Å². The lowest BCUT2D eigenvalue weighted by Crippen LogP contribution is -2.46. The number of nitriles is 1. The van der Waals surface area contributed by atoms with Gasteiger partial charge >= 0.3 is 0 Å². The Bertz CT molecular complexity index is 897. The first kappa shape index (κ1) is 21.1. The molecule has 2 aromatic rings. The molecule has 0 unspecified atom stereocenters. The number of halogens is 1. The number of nitrogens with two attached hydrogens (primary N) is 1. The summed E-state index contributed by atoms with van der Waals surface area (Å²) >= 11 is 3.43. The third-order valence-corrected chi connectivity index (χ3v) is 10.8. The number of hydrogen-bond donors (Lipinski definition) is 1. The minimum Gasteiger partial charge on any atom is -0.409 e. The number of aromatic nitrogens is 2. The predicted octanol–water partition coefficient (Wildman–Crippen LogP) is 4.73. The smallest absolute Gasteiger partial charge is 0.192 e. The van der Waals surface area contributed by atoms with Gasteiger partial charge in [-0.1, -0.05) is 48.8 Å². The van der Waals surface area contributed by atoms with Crippen LogP contribution in [0.3, 0.4) is 0 Å². The van der Waals surface area contributed by atoms with Crippen molar-refractivity contribution in [3.63, 3.8) is 0 Å². The van der Waals surface area contributed by atoms with Gasteiger partial charge in [-0.15, -0.1) is 0 Å². The molecule has 8 heteroatoms. The van der Waals surface area contributed by atoms with Crippen LogP contribution in [0.2, 0.25) is 18.1 Å². The minimum atomic E-state index is -1.98. The summed E-state index contributed by atoms with van der Waals surface area (Å²) in [5, 5.41) is 14.5. The maximum Gasteiger partial charge on any atom is 0.192 e. The van der Waals surface area contributed by atoms with E-state index in [1.807, 2.05) is 24.3 Å². The van der Waals surface area contributed by atoms with Crippen molar-refractivity contribution in [2.75, 3.05) is 18.9 Å². The van der Waals surface area contributed by atoms with Gasteiger partial charge in [0.2, 0.25) is 0 Å². The average Bonchev–Trinajstić information content (AvgIpc) is 3.18. The molecule has 28 heavy (non-hydrogen) atoms.